The van der Waals surface area contributed by atoms with Crippen LogP contribution in [-0.2, 0) is 13.6 Å². The van der Waals surface area contributed by atoms with E-state index in [1.807, 2.05) is 19.1 Å². The minimum atomic E-state index is -0.764. The number of benzene rings is 2. The molecule has 7 nitrogen and oxygen atoms in total. The molecule has 0 saturated carbocycles. The Morgan fingerprint density at radius 2 is 1.78 bits per heavy atom. The summed E-state index contributed by atoms with van der Waals surface area (Å²) < 4.78 is 1.89. The Morgan fingerprint density at radius 3 is 2.44 bits per heavy atom. The van der Waals surface area contributed by atoms with Gasteiger partial charge in [0.25, 0.3) is 11.5 Å². The van der Waals surface area contributed by atoms with Gasteiger partial charge in [0, 0.05) is 18.6 Å². The van der Waals surface area contributed by atoms with Crippen LogP contribution in [0, 0.1) is 6.92 Å². The second-order valence-electron chi connectivity index (χ2n) is 6.02. The van der Waals surface area contributed by atoms with Crippen molar-refractivity contribution in [1.29, 1.82) is 0 Å². The van der Waals surface area contributed by atoms with Crippen LogP contribution < -0.4 is 16.6 Å². The monoisotopic (exact) mass is 384 g/mol. The molecule has 27 heavy (non-hydrogen) atoms. The first-order valence-corrected chi connectivity index (χ1v) is 8.55. The number of carbonyl (C=O) groups is 1. The van der Waals surface area contributed by atoms with Gasteiger partial charge >= 0.3 is 5.69 Å². The van der Waals surface area contributed by atoms with Crippen molar-refractivity contribution in [2.24, 2.45) is 7.05 Å². The van der Waals surface area contributed by atoms with Crippen LogP contribution in [0.1, 0.15) is 21.6 Å². The number of hydrogen-bond acceptors (Lipinski definition) is 4. The summed E-state index contributed by atoms with van der Waals surface area (Å²) in [5, 5.41) is 7.11. The third-order valence-corrected chi connectivity index (χ3v) is 4.43. The second kappa shape index (κ2) is 7.59. The zero-order valence-electron chi connectivity index (χ0n) is 14.8. The van der Waals surface area contributed by atoms with E-state index in [0.29, 0.717) is 16.3 Å². The SMILES string of the molecule is Cc1ccc(-n2nc(C(=O)NCc3ccccc3Cl)c(=O)n(C)c2=O)cc1. The number of nitrogens with one attached hydrogen (secondary N) is 1. The van der Waals surface area contributed by atoms with Crippen LogP contribution in [0.25, 0.3) is 5.69 Å². The Labute approximate surface area is 159 Å². The lowest BCUT2D eigenvalue weighted by Crippen LogP contribution is -2.44. The van der Waals surface area contributed by atoms with Crippen molar-refractivity contribution in [3.05, 3.63) is 91.2 Å². The summed E-state index contributed by atoms with van der Waals surface area (Å²) in [5.41, 5.74) is 0.406. The first kappa shape index (κ1) is 18.6. The predicted molar refractivity (Wildman–Crippen MR) is 102 cm³/mol. The lowest BCUT2D eigenvalue weighted by molar-refractivity contribution is 0.0941. The smallest absolute Gasteiger partial charge is 0.346 e. The zero-order chi connectivity index (χ0) is 19.6. The average molecular weight is 385 g/mol. The van der Waals surface area contributed by atoms with E-state index in [-0.39, 0.29) is 12.2 Å². The summed E-state index contributed by atoms with van der Waals surface area (Å²) in [4.78, 5) is 37.2. The van der Waals surface area contributed by atoms with E-state index >= 15 is 0 Å². The van der Waals surface area contributed by atoms with E-state index in [4.69, 9.17) is 11.6 Å². The molecule has 1 N–H and O–H groups in total. The van der Waals surface area contributed by atoms with Crippen molar-refractivity contribution in [3.8, 4) is 5.69 Å². The Bertz CT molecular complexity index is 1120. The molecular weight excluding hydrogens is 368 g/mol. The maximum absolute atomic E-state index is 12.5. The Hall–Kier alpha value is -3.19. The molecule has 138 valence electrons. The number of halogens is 1. The van der Waals surface area contributed by atoms with Crippen LogP contribution in [0.4, 0.5) is 0 Å². The third kappa shape index (κ3) is 3.83. The van der Waals surface area contributed by atoms with Crippen LogP contribution in [-0.4, -0.2) is 20.3 Å². The van der Waals surface area contributed by atoms with Gasteiger partial charge < -0.3 is 5.32 Å². The van der Waals surface area contributed by atoms with E-state index in [2.05, 4.69) is 10.4 Å². The van der Waals surface area contributed by atoms with Crippen LogP contribution in [0.5, 0.6) is 0 Å². The summed E-state index contributed by atoms with van der Waals surface area (Å²) in [6.45, 7) is 2.04. The van der Waals surface area contributed by atoms with Gasteiger partial charge in [-0.2, -0.15) is 9.78 Å². The van der Waals surface area contributed by atoms with E-state index in [0.717, 1.165) is 14.8 Å². The molecule has 0 aliphatic carbocycles. The van der Waals surface area contributed by atoms with E-state index < -0.39 is 17.2 Å². The van der Waals surface area contributed by atoms with E-state index in [1.165, 1.54) is 7.05 Å². The van der Waals surface area contributed by atoms with Gasteiger partial charge in [0.2, 0.25) is 5.69 Å². The molecule has 0 unspecified atom stereocenters. The number of nitrogens with zero attached hydrogens (tertiary/aromatic N) is 3. The molecular formula is C19H17ClN4O3. The van der Waals surface area contributed by atoms with Gasteiger partial charge in [0.05, 0.1) is 5.69 Å². The van der Waals surface area contributed by atoms with Crippen LogP contribution >= 0.6 is 11.6 Å². The average Bonchev–Trinajstić information content (AvgIpc) is 2.66. The molecule has 1 aromatic heterocycles. The quantitative estimate of drug-likeness (QED) is 0.743. The van der Waals surface area contributed by atoms with Gasteiger partial charge in [0.1, 0.15) is 0 Å². The number of aromatic nitrogens is 3. The lowest BCUT2D eigenvalue weighted by atomic mass is 10.2. The van der Waals surface area contributed by atoms with Crippen molar-refractivity contribution in [2.75, 3.05) is 0 Å². The Morgan fingerprint density at radius 1 is 1.11 bits per heavy atom. The minimum absolute atomic E-state index is 0.132. The van der Waals surface area contributed by atoms with E-state index in [1.54, 1.807) is 36.4 Å². The van der Waals surface area contributed by atoms with Crippen molar-refractivity contribution in [3.63, 3.8) is 0 Å². The largest absolute Gasteiger partial charge is 0.351 e. The lowest BCUT2D eigenvalue weighted by Gasteiger charge is -2.10. The highest BCUT2D eigenvalue weighted by Crippen LogP contribution is 2.14. The maximum atomic E-state index is 12.5. The first-order chi connectivity index (χ1) is 12.9. The van der Waals surface area contributed by atoms with Gasteiger partial charge in [-0.05, 0) is 30.7 Å². The second-order valence-corrected chi connectivity index (χ2v) is 6.42. The first-order valence-electron chi connectivity index (χ1n) is 8.17. The fourth-order valence-corrected chi connectivity index (χ4v) is 2.67. The summed E-state index contributed by atoms with van der Waals surface area (Å²) in [6.07, 6.45) is 0. The molecule has 0 spiro atoms. The van der Waals surface area contributed by atoms with Gasteiger partial charge in [0.15, 0.2) is 0 Å². The topological polar surface area (TPSA) is 86.0 Å². The van der Waals surface area contributed by atoms with Gasteiger partial charge in [-0.1, -0.05) is 47.5 Å². The number of rotatable bonds is 4. The molecule has 0 radical (unpaired) electrons. The number of carbonyl (C=O) groups excluding carboxylic acids is 1. The van der Waals surface area contributed by atoms with Gasteiger partial charge in [-0.15, -0.1) is 0 Å². The van der Waals surface area contributed by atoms with Crippen LogP contribution in [0.15, 0.2) is 58.1 Å². The molecule has 0 atom stereocenters. The zero-order valence-corrected chi connectivity index (χ0v) is 15.5. The highest BCUT2D eigenvalue weighted by Gasteiger charge is 2.18. The normalized spacial score (nSPS) is 10.6. The Kier molecular flexibility index (Phi) is 5.23. The fraction of sp³-hybridized carbons (Fsp3) is 0.158. The van der Waals surface area contributed by atoms with Crippen molar-refractivity contribution in [1.82, 2.24) is 19.7 Å². The number of aryl methyl sites for hydroxylation is 1. The number of hydrogen-bond donors (Lipinski definition) is 1. The fourth-order valence-electron chi connectivity index (χ4n) is 2.47. The molecule has 0 aliphatic rings. The molecule has 3 aromatic rings. The highest BCUT2D eigenvalue weighted by atomic mass is 35.5. The maximum Gasteiger partial charge on any atom is 0.351 e. The summed E-state index contributed by atoms with van der Waals surface area (Å²) >= 11 is 6.07. The van der Waals surface area contributed by atoms with Gasteiger partial charge in [-0.3, -0.25) is 14.2 Å². The molecule has 0 fully saturated rings. The standard InChI is InChI=1S/C19H17ClN4O3/c1-12-7-9-14(10-8-12)24-19(27)23(2)18(26)16(22-24)17(25)21-11-13-5-3-4-6-15(13)20/h3-10H,11H2,1-2H3,(H,21,25). The molecule has 1 amide bonds. The minimum Gasteiger partial charge on any atom is -0.346 e. The van der Waals surface area contributed by atoms with Crippen molar-refractivity contribution < 1.29 is 4.79 Å². The highest BCUT2D eigenvalue weighted by molar-refractivity contribution is 6.31. The number of amides is 1. The van der Waals surface area contributed by atoms with Crippen LogP contribution in [0.3, 0.4) is 0 Å². The third-order valence-electron chi connectivity index (χ3n) is 4.07. The molecule has 2 aromatic carbocycles. The molecule has 8 heteroatoms. The van der Waals surface area contributed by atoms with Crippen molar-refractivity contribution in [2.45, 2.75) is 13.5 Å². The molecule has 3 rings (SSSR count). The van der Waals surface area contributed by atoms with Gasteiger partial charge in [-0.25, -0.2) is 4.79 Å². The summed E-state index contributed by atoms with van der Waals surface area (Å²) in [5.74, 6) is -0.684. The molecule has 0 aliphatic heterocycles. The summed E-state index contributed by atoms with van der Waals surface area (Å²) in [6, 6.07) is 14.1. The van der Waals surface area contributed by atoms with Crippen molar-refractivity contribution >= 4 is 17.5 Å². The molecule has 0 bridgehead atoms. The van der Waals surface area contributed by atoms with Crippen LogP contribution in [0.2, 0.25) is 5.02 Å². The summed E-state index contributed by atoms with van der Waals surface area (Å²) in [7, 11) is 1.31. The Balaban J connectivity index is 1.96. The molecule has 0 saturated heterocycles. The van der Waals surface area contributed by atoms with E-state index in [9.17, 15) is 14.4 Å². The molecule has 1 heterocycles. The predicted octanol–water partition coefficient (Wildman–Crippen LogP) is 1.82.